The van der Waals surface area contributed by atoms with Crippen LogP contribution in [0.4, 0.5) is 4.39 Å². The predicted molar refractivity (Wildman–Crippen MR) is 84.5 cm³/mol. The summed E-state index contributed by atoms with van der Waals surface area (Å²) in [4.78, 5) is 13.5. The van der Waals surface area contributed by atoms with Gasteiger partial charge in [0.05, 0.1) is 18.8 Å². The van der Waals surface area contributed by atoms with Gasteiger partial charge in [0, 0.05) is 17.8 Å². The van der Waals surface area contributed by atoms with E-state index in [1.54, 1.807) is 0 Å². The molecule has 5 heteroatoms. The minimum atomic E-state index is -0.229. The molecule has 4 nitrogen and oxygen atoms in total. The molecule has 0 saturated heterocycles. The number of hydrogen-bond acceptors (Lipinski definition) is 1. The Hall–Kier alpha value is -2.14. The summed E-state index contributed by atoms with van der Waals surface area (Å²) in [5.41, 5.74) is 2.25. The topological polar surface area (TPSA) is 38.5 Å². The lowest BCUT2D eigenvalue weighted by atomic mass is 10.00. The van der Waals surface area contributed by atoms with Gasteiger partial charge in [-0.15, -0.1) is 0 Å². The number of aromatic nitrogens is 1. The standard InChI is InChI=1S/C18H20FN3O/c19-14-5-3-13(4-6-14)18-16-2-1-9-21(16)10-11-22(18)12-17(23)20-15-7-8-15/h1-6,9,15,18H,7-8,10-12H2,(H,20,23)/p+1/t18-/m0/s1. The number of quaternary nitrogens is 1. The Bertz CT molecular complexity index is 705. The number of fused-ring (bicyclic) bond motifs is 1. The Labute approximate surface area is 134 Å². The van der Waals surface area contributed by atoms with Gasteiger partial charge in [-0.3, -0.25) is 4.79 Å². The van der Waals surface area contributed by atoms with Gasteiger partial charge in [0.25, 0.3) is 5.91 Å². The maximum atomic E-state index is 13.3. The molecular weight excluding hydrogens is 293 g/mol. The molecule has 1 aromatic carbocycles. The molecule has 2 N–H and O–H groups in total. The summed E-state index contributed by atoms with van der Waals surface area (Å²) in [5, 5.41) is 3.07. The maximum absolute atomic E-state index is 13.3. The van der Waals surface area contributed by atoms with Crippen molar-refractivity contribution in [1.29, 1.82) is 0 Å². The van der Waals surface area contributed by atoms with Crippen LogP contribution in [0.5, 0.6) is 0 Å². The minimum Gasteiger partial charge on any atom is -0.348 e. The van der Waals surface area contributed by atoms with Crippen LogP contribution in [0.3, 0.4) is 0 Å². The van der Waals surface area contributed by atoms with E-state index >= 15 is 0 Å². The zero-order chi connectivity index (χ0) is 15.8. The van der Waals surface area contributed by atoms with E-state index in [-0.39, 0.29) is 17.8 Å². The summed E-state index contributed by atoms with van der Waals surface area (Å²) in [7, 11) is 0. The Morgan fingerprint density at radius 3 is 2.78 bits per heavy atom. The zero-order valence-electron chi connectivity index (χ0n) is 13.0. The van der Waals surface area contributed by atoms with Crippen molar-refractivity contribution < 1.29 is 14.1 Å². The van der Waals surface area contributed by atoms with Gasteiger partial charge in [0.15, 0.2) is 12.6 Å². The number of halogens is 1. The highest BCUT2D eigenvalue weighted by atomic mass is 19.1. The molecule has 120 valence electrons. The third kappa shape index (κ3) is 3.01. The van der Waals surface area contributed by atoms with Crippen molar-refractivity contribution >= 4 is 5.91 Å². The molecule has 23 heavy (non-hydrogen) atoms. The van der Waals surface area contributed by atoms with E-state index in [1.807, 2.05) is 18.2 Å². The summed E-state index contributed by atoms with van der Waals surface area (Å²) in [6, 6.07) is 11.3. The molecule has 1 unspecified atom stereocenters. The van der Waals surface area contributed by atoms with Gasteiger partial charge in [0.2, 0.25) is 0 Å². The molecule has 2 atom stereocenters. The number of rotatable bonds is 4. The second kappa shape index (κ2) is 5.81. The van der Waals surface area contributed by atoms with Crippen LogP contribution < -0.4 is 10.2 Å². The molecule has 4 rings (SSSR count). The average molecular weight is 314 g/mol. The molecule has 1 fully saturated rings. The molecule has 2 aliphatic rings. The van der Waals surface area contributed by atoms with Crippen LogP contribution in [0.15, 0.2) is 42.6 Å². The number of carbonyl (C=O) groups is 1. The lowest BCUT2D eigenvalue weighted by Gasteiger charge is -2.33. The second-order valence-electron chi connectivity index (χ2n) is 6.54. The Balaban J connectivity index is 1.61. The first-order valence-corrected chi connectivity index (χ1v) is 8.25. The number of hydrogen-bond donors (Lipinski definition) is 2. The van der Waals surface area contributed by atoms with Crippen LogP contribution in [0.2, 0.25) is 0 Å². The summed E-state index contributed by atoms with van der Waals surface area (Å²) >= 11 is 0. The number of nitrogens with zero attached hydrogens (tertiary/aromatic N) is 1. The molecule has 0 radical (unpaired) electrons. The van der Waals surface area contributed by atoms with Crippen molar-refractivity contribution in [2.45, 2.75) is 31.5 Å². The van der Waals surface area contributed by atoms with Gasteiger partial charge in [-0.1, -0.05) is 0 Å². The first kappa shape index (κ1) is 14.5. The van der Waals surface area contributed by atoms with Crippen LogP contribution in [0.25, 0.3) is 0 Å². The highest BCUT2D eigenvalue weighted by molar-refractivity contribution is 5.77. The van der Waals surface area contributed by atoms with Crippen LogP contribution in [0.1, 0.15) is 30.1 Å². The smallest absolute Gasteiger partial charge is 0.275 e. The highest BCUT2D eigenvalue weighted by Crippen LogP contribution is 2.23. The number of benzene rings is 1. The van der Waals surface area contributed by atoms with Crippen LogP contribution in [-0.4, -0.2) is 29.6 Å². The summed E-state index contributed by atoms with van der Waals surface area (Å²) < 4.78 is 15.5. The Morgan fingerprint density at radius 1 is 1.26 bits per heavy atom. The van der Waals surface area contributed by atoms with Gasteiger partial charge in [0.1, 0.15) is 5.82 Å². The van der Waals surface area contributed by atoms with Crippen molar-refractivity contribution in [2.75, 3.05) is 13.1 Å². The fraction of sp³-hybridized carbons (Fsp3) is 0.389. The van der Waals surface area contributed by atoms with Crippen molar-refractivity contribution in [3.05, 3.63) is 59.7 Å². The fourth-order valence-electron chi connectivity index (χ4n) is 3.48. The van der Waals surface area contributed by atoms with Gasteiger partial charge in [-0.25, -0.2) is 4.39 Å². The molecular formula is C18H21FN3O+. The quantitative estimate of drug-likeness (QED) is 0.864. The molecule has 1 saturated carbocycles. The van der Waals surface area contributed by atoms with E-state index in [1.165, 1.54) is 22.7 Å². The SMILES string of the molecule is O=C(C[NH+]1CCn2cccc2[C@@H]1c1ccc(F)cc1)NC1CC1. The summed E-state index contributed by atoms with van der Waals surface area (Å²) in [6.07, 6.45) is 4.28. The molecule has 1 aromatic heterocycles. The molecule has 2 aromatic rings. The van der Waals surface area contributed by atoms with E-state index in [4.69, 9.17) is 0 Å². The third-order valence-electron chi connectivity index (χ3n) is 4.78. The first-order valence-electron chi connectivity index (χ1n) is 8.25. The van der Waals surface area contributed by atoms with Crippen molar-refractivity contribution in [3.63, 3.8) is 0 Å². The average Bonchev–Trinajstić information content (AvgIpc) is 3.22. The molecule has 0 bridgehead atoms. The monoisotopic (exact) mass is 314 g/mol. The number of nitrogens with one attached hydrogen (secondary N) is 2. The minimum absolute atomic E-state index is 0.0734. The maximum Gasteiger partial charge on any atom is 0.275 e. The molecule has 1 aliphatic heterocycles. The summed E-state index contributed by atoms with van der Waals surface area (Å²) in [5.74, 6) is -0.109. The highest BCUT2D eigenvalue weighted by Gasteiger charge is 2.34. The van der Waals surface area contributed by atoms with Crippen molar-refractivity contribution in [3.8, 4) is 0 Å². The first-order chi connectivity index (χ1) is 11.2. The lowest BCUT2D eigenvalue weighted by Crippen LogP contribution is -3.14. The molecule has 2 heterocycles. The van der Waals surface area contributed by atoms with E-state index in [2.05, 4.69) is 22.1 Å². The van der Waals surface area contributed by atoms with E-state index in [0.29, 0.717) is 12.6 Å². The molecule has 0 spiro atoms. The Morgan fingerprint density at radius 2 is 2.04 bits per heavy atom. The summed E-state index contributed by atoms with van der Waals surface area (Å²) in [6.45, 7) is 2.26. The largest absolute Gasteiger partial charge is 0.348 e. The molecule has 1 amide bonds. The zero-order valence-corrected chi connectivity index (χ0v) is 13.0. The predicted octanol–water partition coefficient (Wildman–Crippen LogP) is 0.894. The van der Waals surface area contributed by atoms with Crippen molar-refractivity contribution in [2.24, 2.45) is 0 Å². The fourth-order valence-corrected chi connectivity index (χ4v) is 3.48. The van der Waals surface area contributed by atoms with Gasteiger partial charge in [-0.05, 0) is 49.2 Å². The van der Waals surface area contributed by atoms with Gasteiger partial charge in [-0.2, -0.15) is 0 Å². The van der Waals surface area contributed by atoms with E-state index < -0.39 is 0 Å². The van der Waals surface area contributed by atoms with E-state index in [9.17, 15) is 9.18 Å². The lowest BCUT2D eigenvalue weighted by molar-refractivity contribution is -0.922. The van der Waals surface area contributed by atoms with Crippen LogP contribution in [-0.2, 0) is 11.3 Å². The van der Waals surface area contributed by atoms with Crippen LogP contribution >= 0.6 is 0 Å². The van der Waals surface area contributed by atoms with Crippen molar-refractivity contribution in [1.82, 2.24) is 9.88 Å². The number of amides is 1. The third-order valence-corrected chi connectivity index (χ3v) is 4.78. The normalized spacial score (nSPS) is 23.3. The van der Waals surface area contributed by atoms with Crippen LogP contribution in [0, 0.1) is 5.82 Å². The second-order valence-corrected chi connectivity index (χ2v) is 6.54. The number of carbonyl (C=O) groups excluding carboxylic acids is 1. The molecule has 1 aliphatic carbocycles. The van der Waals surface area contributed by atoms with Gasteiger partial charge >= 0.3 is 0 Å². The van der Waals surface area contributed by atoms with E-state index in [0.717, 1.165) is 31.5 Å². The Kier molecular flexibility index (Phi) is 3.65. The van der Waals surface area contributed by atoms with Gasteiger partial charge < -0.3 is 14.8 Å².